The molecule has 0 aliphatic carbocycles. The van der Waals surface area contributed by atoms with Gasteiger partial charge in [0.2, 0.25) is 5.96 Å². The lowest BCUT2D eigenvalue weighted by atomic mass is 10.3. The molecular weight excluding hydrogens is 221 g/mol. The van der Waals surface area contributed by atoms with Gasteiger partial charge in [-0.05, 0) is 6.92 Å². The molecular formula is C9H11F3N4. The minimum Gasteiger partial charge on any atom is -0.325 e. The molecule has 0 atom stereocenters. The smallest absolute Gasteiger partial charge is 0.210 e. The third kappa shape index (κ3) is 2.86. The summed E-state index contributed by atoms with van der Waals surface area (Å²) in [5.74, 6) is 1.16. The highest BCUT2D eigenvalue weighted by Crippen LogP contribution is 2.17. The van der Waals surface area contributed by atoms with E-state index in [1.54, 1.807) is 6.92 Å². The normalized spacial score (nSPS) is 11.4. The average Bonchev–Trinajstić information content (AvgIpc) is 2.25. The van der Waals surface area contributed by atoms with E-state index in [4.69, 9.17) is 5.84 Å². The fraction of sp³-hybridized carbons (Fsp3) is 0.222. The lowest BCUT2D eigenvalue weighted by Crippen LogP contribution is -2.36. The molecule has 88 valence electrons. The van der Waals surface area contributed by atoms with Crippen LogP contribution >= 0.6 is 0 Å². The predicted octanol–water partition coefficient (Wildman–Crippen LogP) is 1.35. The number of nitrogens with two attached hydrogens (primary N) is 1. The number of hydrogen-bond acceptors (Lipinski definition) is 2. The monoisotopic (exact) mass is 232 g/mol. The molecule has 0 fully saturated rings. The number of aliphatic imine (C=N–C) groups is 1. The fourth-order valence-electron chi connectivity index (χ4n) is 1.04. The Bertz CT molecular complexity index is 383. The number of halogens is 3. The maximum Gasteiger partial charge on any atom is 0.210 e. The molecule has 0 amide bonds. The van der Waals surface area contributed by atoms with Gasteiger partial charge in [0.15, 0.2) is 17.5 Å². The van der Waals surface area contributed by atoms with Crippen molar-refractivity contribution >= 4 is 11.6 Å². The van der Waals surface area contributed by atoms with Crippen LogP contribution < -0.4 is 16.6 Å². The van der Waals surface area contributed by atoms with Crippen LogP contribution in [-0.4, -0.2) is 12.5 Å². The van der Waals surface area contributed by atoms with Crippen molar-refractivity contribution in [1.82, 2.24) is 5.43 Å². The highest BCUT2D eigenvalue weighted by Gasteiger charge is 2.10. The fourth-order valence-corrected chi connectivity index (χ4v) is 1.04. The lowest BCUT2D eigenvalue weighted by molar-refractivity contribution is 0.448. The third-order valence-electron chi connectivity index (χ3n) is 1.70. The zero-order chi connectivity index (χ0) is 12.1. The Morgan fingerprint density at radius 2 is 1.88 bits per heavy atom. The Hall–Kier alpha value is -1.76. The van der Waals surface area contributed by atoms with Gasteiger partial charge in [-0.3, -0.25) is 10.4 Å². The first kappa shape index (κ1) is 12.3. The van der Waals surface area contributed by atoms with E-state index < -0.39 is 17.5 Å². The Morgan fingerprint density at radius 3 is 2.31 bits per heavy atom. The molecule has 0 spiro atoms. The van der Waals surface area contributed by atoms with E-state index in [1.165, 1.54) is 0 Å². The summed E-state index contributed by atoms with van der Waals surface area (Å²) in [5.41, 5.74) is 2.22. The van der Waals surface area contributed by atoms with Gasteiger partial charge in [-0.2, -0.15) is 0 Å². The molecule has 0 radical (unpaired) electrons. The van der Waals surface area contributed by atoms with Crippen LogP contribution in [0.25, 0.3) is 0 Å². The van der Waals surface area contributed by atoms with Crippen molar-refractivity contribution in [3.8, 4) is 0 Å². The summed E-state index contributed by atoms with van der Waals surface area (Å²) in [5, 5.41) is 2.51. The second kappa shape index (κ2) is 5.36. The molecule has 16 heavy (non-hydrogen) atoms. The van der Waals surface area contributed by atoms with Gasteiger partial charge < -0.3 is 5.32 Å². The van der Waals surface area contributed by atoms with Crippen LogP contribution in [0.5, 0.6) is 0 Å². The van der Waals surface area contributed by atoms with Crippen molar-refractivity contribution in [3.05, 3.63) is 29.6 Å². The van der Waals surface area contributed by atoms with Gasteiger partial charge >= 0.3 is 0 Å². The molecule has 0 saturated carbocycles. The Morgan fingerprint density at radius 1 is 1.31 bits per heavy atom. The molecule has 0 aliphatic heterocycles. The molecule has 0 aliphatic rings. The summed E-state index contributed by atoms with van der Waals surface area (Å²) in [6.45, 7) is 2.18. The van der Waals surface area contributed by atoms with Gasteiger partial charge in [0.25, 0.3) is 0 Å². The lowest BCUT2D eigenvalue weighted by Gasteiger charge is -2.09. The van der Waals surface area contributed by atoms with Crippen molar-refractivity contribution < 1.29 is 13.2 Å². The summed E-state index contributed by atoms with van der Waals surface area (Å²) in [4.78, 5) is 3.85. The van der Waals surface area contributed by atoms with E-state index in [1.807, 2.05) is 0 Å². The molecule has 1 rings (SSSR count). The first-order valence-electron chi connectivity index (χ1n) is 4.51. The van der Waals surface area contributed by atoms with E-state index in [-0.39, 0.29) is 11.6 Å². The van der Waals surface area contributed by atoms with Crippen molar-refractivity contribution in [2.45, 2.75) is 6.92 Å². The van der Waals surface area contributed by atoms with Gasteiger partial charge in [0, 0.05) is 24.4 Å². The predicted molar refractivity (Wildman–Crippen MR) is 55.2 cm³/mol. The van der Waals surface area contributed by atoms with Crippen LogP contribution in [0.4, 0.5) is 18.9 Å². The van der Waals surface area contributed by atoms with E-state index in [0.29, 0.717) is 6.54 Å². The highest BCUT2D eigenvalue weighted by molar-refractivity contribution is 5.93. The summed E-state index contributed by atoms with van der Waals surface area (Å²) >= 11 is 0. The molecule has 7 heteroatoms. The van der Waals surface area contributed by atoms with Crippen LogP contribution in [0.3, 0.4) is 0 Å². The van der Waals surface area contributed by atoms with E-state index in [0.717, 1.165) is 12.1 Å². The Kier molecular flexibility index (Phi) is 4.12. The number of benzene rings is 1. The minimum absolute atomic E-state index is 0.0153. The molecule has 0 saturated heterocycles. The highest BCUT2D eigenvalue weighted by atomic mass is 19.2. The van der Waals surface area contributed by atoms with Crippen LogP contribution in [0, 0.1) is 17.5 Å². The topological polar surface area (TPSA) is 62.4 Å². The van der Waals surface area contributed by atoms with Gasteiger partial charge in [-0.25, -0.2) is 19.0 Å². The van der Waals surface area contributed by atoms with E-state index in [2.05, 4.69) is 15.7 Å². The van der Waals surface area contributed by atoms with E-state index >= 15 is 0 Å². The number of hydrogen-bond donors (Lipinski definition) is 3. The number of nitrogens with one attached hydrogen (secondary N) is 2. The van der Waals surface area contributed by atoms with E-state index in [9.17, 15) is 13.2 Å². The minimum atomic E-state index is -1.51. The maximum atomic E-state index is 12.8. The molecule has 4 nitrogen and oxygen atoms in total. The van der Waals surface area contributed by atoms with Crippen molar-refractivity contribution in [3.63, 3.8) is 0 Å². The molecule has 0 aromatic heterocycles. The van der Waals surface area contributed by atoms with Gasteiger partial charge in [0.1, 0.15) is 0 Å². The van der Waals surface area contributed by atoms with Crippen molar-refractivity contribution in [2.24, 2.45) is 10.8 Å². The van der Waals surface area contributed by atoms with Crippen LogP contribution in [0.2, 0.25) is 0 Å². The number of hydrazine groups is 1. The standard InChI is InChI=1S/C9H11F3N4/c1-2-14-9(16-13)15-5-3-6(10)8(12)7(11)4-5/h3-4H,2,13H2,1H3,(H2,14,15,16). The Balaban J connectivity index is 2.94. The van der Waals surface area contributed by atoms with Crippen LogP contribution in [0.15, 0.2) is 17.1 Å². The largest absolute Gasteiger partial charge is 0.325 e. The van der Waals surface area contributed by atoms with Crippen LogP contribution in [0.1, 0.15) is 6.92 Å². The molecule has 1 aromatic carbocycles. The number of nitrogens with zero attached hydrogens (tertiary/aromatic N) is 1. The SMILES string of the molecule is CCN=C(NN)Nc1cc(F)c(F)c(F)c1. The molecule has 0 bridgehead atoms. The molecule has 0 heterocycles. The third-order valence-corrected chi connectivity index (χ3v) is 1.70. The van der Waals surface area contributed by atoms with Crippen molar-refractivity contribution in [1.29, 1.82) is 0 Å². The molecule has 1 aromatic rings. The summed E-state index contributed by atoms with van der Waals surface area (Å²) in [7, 11) is 0. The second-order valence-corrected chi connectivity index (χ2v) is 2.85. The molecule has 0 unspecified atom stereocenters. The number of guanidine groups is 1. The summed E-state index contributed by atoms with van der Waals surface area (Å²) in [6.07, 6.45) is 0. The average molecular weight is 232 g/mol. The summed E-state index contributed by atoms with van der Waals surface area (Å²) in [6, 6.07) is 1.61. The van der Waals surface area contributed by atoms with Gasteiger partial charge in [-0.1, -0.05) is 0 Å². The van der Waals surface area contributed by atoms with Crippen LogP contribution in [-0.2, 0) is 0 Å². The van der Waals surface area contributed by atoms with Gasteiger partial charge in [0.05, 0.1) is 0 Å². The summed E-state index contributed by atoms with van der Waals surface area (Å²) < 4.78 is 38.3. The molecule has 4 N–H and O–H groups in total. The maximum absolute atomic E-state index is 12.8. The number of anilines is 1. The first-order valence-corrected chi connectivity index (χ1v) is 4.51. The second-order valence-electron chi connectivity index (χ2n) is 2.85. The zero-order valence-corrected chi connectivity index (χ0v) is 8.52. The quantitative estimate of drug-likeness (QED) is 0.237. The van der Waals surface area contributed by atoms with Gasteiger partial charge in [-0.15, -0.1) is 0 Å². The van der Waals surface area contributed by atoms with Crippen molar-refractivity contribution in [2.75, 3.05) is 11.9 Å². The Labute approximate surface area is 90.3 Å². The zero-order valence-electron chi connectivity index (χ0n) is 8.52. The number of rotatable bonds is 2. The first-order chi connectivity index (χ1) is 7.58.